The molecule has 4 heteroatoms. The monoisotopic (exact) mass is 281 g/mol. The summed E-state index contributed by atoms with van der Waals surface area (Å²) in [4.78, 5) is 8.57. The number of hydrogen-bond donors (Lipinski definition) is 1. The summed E-state index contributed by atoms with van der Waals surface area (Å²) in [5.74, 6) is 0.749. The molecule has 0 spiro atoms. The number of anilines is 1. The van der Waals surface area contributed by atoms with E-state index in [4.69, 9.17) is 10.7 Å². The van der Waals surface area contributed by atoms with Crippen molar-refractivity contribution in [3.05, 3.63) is 10.6 Å². The molecular formula is C15H27N3S. The Labute approximate surface area is 121 Å². The van der Waals surface area contributed by atoms with Crippen LogP contribution in [0.1, 0.15) is 56.5 Å². The lowest BCUT2D eigenvalue weighted by Gasteiger charge is -2.29. The molecule has 0 bridgehead atoms. The summed E-state index contributed by atoms with van der Waals surface area (Å²) < 4.78 is 0. The van der Waals surface area contributed by atoms with Gasteiger partial charge in [-0.05, 0) is 32.1 Å². The zero-order valence-electron chi connectivity index (χ0n) is 12.5. The number of thiazole rings is 1. The molecule has 0 aromatic carbocycles. The molecule has 2 rings (SSSR count). The maximum absolute atomic E-state index is 5.79. The maximum Gasteiger partial charge on any atom is 0.186 e. The summed E-state index contributed by atoms with van der Waals surface area (Å²) in [5, 5.41) is 1.20. The van der Waals surface area contributed by atoms with Gasteiger partial charge < -0.3 is 10.6 Å². The number of aromatic nitrogens is 1. The first-order valence-corrected chi connectivity index (χ1v) is 8.36. The lowest BCUT2D eigenvalue weighted by Crippen LogP contribution is -2.34. The van der Waals surface area contributed by atoms with Gasteiger partial charge in [-0.2, -0.15) is 0 Å². The standard InChI is InChI=1S/C15H27N3S/c1-11(2)8-9-18(13-6-4-5-7-13)15-17-12(3)14(10-16)19-15/h11,13H,4-10,16H2,1-3H3. The van der Waals surface area contributed by atoms with Gasteiger partial charge in [0, 0.05) is 24.0 Å². The van der Waals surface area contributed by atoms with Crippen molar-refractivity contribution >= 4 is 16.5 Å². The molecule has 1 aromatic rings. The number of nitrogens with two attached hydrogens (primary N) is 1. The van der Waals surface area contributed by atoms with E-state index in [-0.39, 0.29) is 0 Å². The largest absolute Gasteiger partial charge is 0.345 e. The zero-order valence-corrected chi connectivity index (χ0v) is 13.3. The van der Waals surface area contributed by atoms with Crippen LogP contribution in [0.2, 0.25) is 0 Å². The highest BCUT2D eigenvalue weighted by Crippen LogP contribution is 2.33. The van der Waals surface area contributed by atoms with E-state index >= 15 is 0 Å². The molecule has 1 heterocycles. The quantitative estimate of drug-likeness (QED) is 0.864. The van der Waals surface area contributed by atoms with Crippen molar-refractivity contribution < 1.29 is 0 Å². The van der Waals surface area contributed by atoms with E-state index in [2.05, 4.69) is 25.7 Å². The highest BCUT2D eigenvalue weighted by atomic mass is 32.1. The van der Waals surface area contributed by atoms with E-state index in [1.54, 1.807) is 11.3 Å². The molecule has 0 saturated heterocycles. The number of rotatable bonds is 6. The number of hydrogen-bond acceptors (Lipinski definition) is 4. The van der Waals surface area contributed by atoms with E-state index < -0.39 is 0 Å². The predicted octanol–water partition coefficient (Wildman–Crippen LogP) is 3.71. The molecule has 2 N–H and O–H groups in total. The molecule has 19 heavy (non-hydrogen) atoms. The Balaban J connectivity index is 2.14. The van der Waals surface area contributed by atoms with E-state index in [1.165, 1.54) is 42.1 Å². The smallest absolute Gasteiger partial charge is 0.186 e. The molecular weight excluding hydrogens is 254 g/mol. The van der Waals surface area contributed by atoms with Crippen LogP contribution in [0, 0.1) is 12.8 Å². The fourth-order valence-electron chi connectivity index (χ4n) is 2.77. The predicted molar refractivity (Wildman–Crippen MR) is 83.8 cm³/mol. The first-order chi connectivity index (χ1) is 9.11. The summed E-state index contributed by atoms with van der Waals surface area (Å²) in [5.41, 5.74) is 6.91. The first kappa shape index (κ1) is 14.8. The van der Waals surface area contributed by atoms with E-state index in [9.17, 15) is 0 Å². The van der Waals surface area contributed by atoms with Crippen molar-refractivity contribution in [1.82, 2.24) is 4.98 Å². The van der Waals surface area contributed by atoms with Gasteiger partial charge in [0.1, 0.15) is 0 Å². The third kappa shape index (κ3) is 3.69. The van der Waals surface area contributed by atoms with E-state index in [1.807, 2.05) is 0 Å². The van der Waals surface area contributed by atoms with E-state index in [0.717, 1.165) is 18.2 Å². The van der Waals surface area contributed by atoms with Crippen molar-refractivity contribution in [3.63, 3.8) is 0 Å². The average molecular weight is 281 g/mol. The van der Waals surface area contributed by atoms with Crippen molar-refractivity contribution in [2.75, 3.05) is 11.4 Å². The molecule has 1 saturated carbocycles. The average Bonchev–Trinajstić information content (AvgIpc) is 2.99. The molecule has 1 fully saturated rings. The van der Waals surface area contributed by atoms with Gasteiger partial charge in [0.2, 0.25) is 0 Å². The highest BCUT2D eigenvalue weighted by Gasteiger charge is 2.25. The van der Waals surface area contributed by atoms with Crippen LogP contribution in [-0.4, -0.2) is 17.6 Å². The molecule has 108 valence electrons. The molecule has 0 atom stereocenters. The molecule has 1 aliphatic carbocycles. The van der Waals surface area contributed by atoms with E-state index in [0.29, 0.717) is 12.6 Å². The van der Waals surface area contributed by atoms with Gasteiger partial charge >= 0.3 is 0 Å². The van der Waals surface area contributed by atoms with Gasteiger partial charge in [-0.3, -0.25) is 0 Å². The molecule has 1 aromatic heterocycles. The molecule has 0 unspecified atom stereocenters. The fourth-order valence-corrected chi connectivity index (χ4v) is 3.81. The summed E-state index contributed by atoms with van der Waals surface area (Å²) in [6, 6.07) is 0.704. The number of nitrogens with zero attached hydrogens (tertiary/aromatic N) is 2. The Bertz CT molecular complexity index is 394. The topological polar surface area (TPSA) is 42.2 Å². The van der Waals surface area contributed by atoms with Gasteiger partial charge in [-0.1, -0.05) is 26.7 Å². The van der Waals surface area contributed by atoms with Crippen molar-refractivity contribution in [2.24, 2.45) is 11.7 Å². The summed E-state index contributed by atoms with van der Waals surface area (Å²) >= 11 is 1.80. The van der Waals surface area contributed by atoms with Gasteiger partial charge in [0.05, 0.1) is 5.69 Å². The van der Waals surface area contributed by atoms with Crippen molar-refractivity contribution in [2.45, 2.75) is 65.5 Å². The minimum atomic E-state index is 0.617. The van der Waals surface area contributed by atoms with Crippen LogP contribution < -0.4 is 10.6 Å². The third-order valence-corrected chi connectivity index (χ3v) is 5.24. The second-order valence-electron chi connectivity index (χ2n) is 6.02. The van der Waals surface area contributed by atoms with Gasteiger partial charge in [0.15, 0.2) is 5.13 Å². The SMILES string of the molecule is Cc1nc(N(CCC(C)C)C2CCCC2)sc1CN. The van der Waals surface area contributed by atoms with Crippen molar-refractivity contribution in [1.29, 1.82) is 0 Å². The summed E-state index contributed by atoms with van der Waals surface area (Å²) in [7, 11) is 0. The molecule has 0 aliphatic heterocycles. The number of aryl methyl sites for hydroxylation is 1. The fraction of sp³-hybridized carbons (Fsp3) is 0.800. The second-order valence-corrected chi connectivity index (χ2v) is 7.09. The second kappa shape index (κ2) is 6.71. The van der Waals surface area contributed by atoms with Gasteiger partial charge in [0.25, 0.3) is 0 Å². The Kier molecular flexibility index (Phi) is 5.22. The molecule has 0 amide bonds. The van der Waals surface area contributed by atoms with Crippen LogP contribution in [0.3, 0.4) is 0 Å². The lowest BCUT2D eigenvalue weighted by atomic mass is 10.1. The normalized spacial score (nSPS) is 16.5. The Morgan fingerprint density at radius 2 is 2.05 bits per heavy atom. The minimum absolute atomic E-state index is 0.617. The minimum Gasteiger partial charge on any atom is -0.345 e. The zero-order chi connectivity index (χ0) is 13.8. The van der Waals surface area contributed by atoms with Crippen LogP contribution >= 0.6 is 11.3 Å². The Morgan fingerprint density at radius 1 is 1.37 bits per heavy atom. The van der Waals surface area contributed by atoms with Crippen LogP contribution in [0.15, 0.2) is 0 Å². The van der Waals surface area contributed by atoms with Gasteiger partial charge in [-0.15, -0.1) is 11.3 Å². The molecule has 3 nitrogen and oxygen atoms in total. The summed E-state index contributed by atoms with van der Waals surface area (Å²) in [6.45, 7) is 8.43. The third-order valence-electron chi connectivity index (χ3n) is 4.03. The highest BCUT2D eigenvalue weighted by molar-refractivity contribution is 7.15. The van der Waals surface area contributed by atoms with Gasteiger partial charge in [-0.25, -0.2) is 4.98 Å². The first-order valence-electron chi connectivity index (χ1n) is 7.54. The van der Waals surface area contributed by atoms with Crippen LogP contribution in [0.5, 0.6) is 0 Å². The summed E-state index contributed by atoms with van der Waals surface area (Å²) in [6.07, 6.45) is 6.64. The van der Waals surface area contributed by atoms with Crippen molar-refractivity contribution in [3.8, 4) is 0 Å². The maximum atomic E-state index is 5.79. The van der Waals surface area contributed by atoms with Crippen LogP contribution in [-0.2, 0) is 6.54 Å². The lowest BCUT2D eigenvalue weighted by molar-refractivity contribution is 0.527. The van der Waals surface area contributed by atoms with Crippen LogP contribution in [0.4, 0.5) is 5.13 Å². The Hall–Kier alpha value is -0.610. The molecule has 1 aliphatic rings. The molecule has 0 radical (unpaired) electrons. The Morgan fingerprint density at radius 3 is 2.58 bits per heavy atom. The van der Waals surface area contributed by atoms with Crippen LogP contribution in [0.25, 0.3) is 0 Å².